The van der Waals surface area contributed by atoms with Crippen LogP contribution in [0.15, 0.2) is 48.5 Å². The first-order valence-corrected chi connectivity index (χ1v) is 8.47. The predicted molar refractivity (Wildman–Crippen MR) is 105 cm³/mol. The van der Waals surface area contributed by atoms with Gasteiger partial charge in [-0.15, -0.1) is 0 Å². The third-order valence-electron chi connectivity index (χ3n) is 3.50. The van der Waals surface area contributed by atoms with Gasteiger partial charge in [-0.05, 0) is 35.9 Å². The molecule has 0 spiro atoms. The number of methoxy groups -OCH3 is 1. The van der Waals surface area contributed by atoms with Gasteiger partial charge in [-0.2, -0.15) is 0 Å². The number of nitrogens with zero attached hydrogens (tertiary/aromatic N) is 1. The maximum Gasteiger partial charge on any atom is 0.246 e. The summed E-state index contributed by atoms with van der Waals surface area (Å²) in [6.45, 7) is -0.124. The zero-order chi connectivity index (χ0) is 19.1. The van der Waals surface area contributed by atoms with Gasteiger partial charge in [0, 0.05) is 23.2 Å². The van der Waals surface area contributed by atoms with Gasteiger partial charge in [0.15, 0.2) is 0 Å². The standard InChI is InChI=1S/C19H18Cl2N2O3/c1-23(19(25)10-7-13-5-3-4-6-15(13)21)12-18(24)22-16-11-14(20)8-9-17(16)26-2/h3-11H,12H2,1-2H3,(H,22,24)/b10-7+. The second-order valence-corrected chi connectivity index (χ2v) is 6.29. The Morgan fingerprint density at radius 2 is 1.92 bits per heavy atom. The van der Waals surface area contributed by atoms with Crippen molar-refractivity contribution >= 4 is 46.8 Å². The molecule has 0 heterocycles. The topological polar surface area (TPSA) is 58.6 Å². The molecule has 7 heteroatoms. The van der Waals surface area contributed by atoms with E-state index < -0.39 is 0 Å². The zero-order valence-electron chi connectivity index (χ0n) is 14.3. The van der Waals surface area contributed by atoms with Crippen molar-refractivity contribution in [3.05, 3.63) is 64.1 Å². The Hall–Kier alpha value is -2.50. The van der Waals surface area contributed by atoms with Gasteiger partial charge in [0.2, 0.25) is 11.8 Å². The monoisotopic (exact) mass is 392 g/mol. The minimum atomic E-state index is -0.368. The molecule has 1 N–H and O–H groups in total. The van der Waals surface area contributed by atoms with E-state index in [0.717, 1.165) is 5.56 Å². The van der Waals surface area contributed by atoms with Crippen molar-refractivity contribution < 1.29 is 14.3 Å². The van der Waals surface area contributed by atoms with Crippen LogP contribution >= 0.6 is 23.2 Å². The van der Waals surface area contributed by atoms with Crippen LogP contribution < -0.4 is 10.1 Å². The summed E-state index contributed by atoms with van der Waals surface area (Å²) in [7, 11) is 3.03. The number of hydrogen-bond acceptors (Lipinski definition) is 3. The van der Waals surface area contributed by atoms with Crippen molar-refractivity contribution in [2.75, 3.05) is 26.0 Å². The van der Waals surface area contributed by atoms with E-state index in [1.54, 1.807) is 36.4 Å². The van der Waals surface area contributed by atoms with Crippen LogP contribution in [0.5, 0.6) is 5.75 Å². The molecule has 2 aromatic rings. The normalized spacial score (nSPS) is 10.6. The van der Waals surface area contributed by atoms with E-state index in [1.165, 1.54) is 25.1 Å². The van der Waals surface area contributed by atoms with E-state index in [4.69, 9.17) is 27.9 Å². The Balaban J connectivity index is 1.97. The van der Waals surface area contributed by atoms with Gasteiger partial charge in [0.25, 0.3) is 0 Å². The van der Waals surface area contributed by atoms with Crippen molar-refractivity contribution in [3.8, 4) is 5.75 Å². The number of carbonyl (C=O) groups excluding carboxylic acids is 2. The molecule has 0 aliphatic heterocycles. The predicted octanol–water partition coefficient (Wildman–Crippen LogP) is 4.11. The number of rotatable bonds is 6. The number of ether oxygens (including phenoxy) is 1. The SMILES string of the molecule is COc1ccc(Cl)cc1NC(=O)CN(C)C(=O)/C=C/c1ccccc1Cl. The van der Waals surface area contributed by atoms with Crippen LogP contribution in [0, 0.1) is 0 Å². The Bertz CT molecular complexity index is 837. The number of anilines is 1. The maximum absolute atomic E-state index is 12.2. The van der Waals surface area contributed by atoms with E-state index in [-0.39, 0.29) is 18.4 Å². The minimum Gasteiger partial charge on any atom is -0.495 e. The maximum atomic E-state index is 12.2. The smallest absolute Gasteiger partial charge is 0.246 e. The highest BCUT2D eigenvalue weighted by Crippen LogP contribution is 2.27. The fraction of sp³-hybridized carbons (Fsp3) is 0.158. The van der Waals surface area contributed by atoms with Gasteiger partial charge in [-0.1, -0.05) is 41.4 Å². The van der Waals surface area contributed by atoms with E-state index in [0.29, 0.717) is 21.5 Å². The number of benzene rings is 2. The average molecular weight is 393 g/mol. The van der Waals surface area contributed by atoms with Gasteiger partial charge in [-0.3, -0.25) is 9.59 Å². The molecule has 0 saturated carbocycles. The Labute approximate surface area is 162 Å². The molecule has 0 unspecified atom stereocenters. The summed E-state index contributed by atoms with van der Waals surface area (Å²) in [5.74, 6) is -0.207. The lowest BCUT2D eigenvalue weighted by Crippen LogP contribution is -2.33. The molecule has 0 fully saturated rings. The summed E-state index contributed by atoms with van der Waals surface area (Å²) in [6, 6.07) is 12.1. The molecule has 136 valence electrons. The molecule has 0 aliphatic carbocycles. The third-order valence-corrected chi connectivity index (χ3v) is 4.08. The van der Waals surface area contributed by atoms with Crippen LogP contribution in [0.4, 0.5) is 5.69 Å². The van der Waals surface area contributed by atoms with Gasteiger partial charge >= 0.3 is 0 Å². The highest BCUT2D eigenvalue weighted by molar-refractivity contribution is 6.32. The minimum absolute atomic E-state index is 0.124. The molecule has 0 bridgehead atoms. The first-order chi connectivity index (χ1) is 12.4. The lowest BCUT2D eigenvalue weighted by molar-refractivity contribution is -0.129. The molecule has 2 rings (SSSR count). The van der Waals surface area contributed by atoms with Gasteiger partial charge < -0.3 is 15.0 Å². The molecule has 0 saturated heterocycles. The second-order valence-electron chi connectivity index (χ2n) is 5.44. The van der Waals surface area contributed by atoms with E-state index in [9.17, 15) is 9.59 Å². The number of amides is 2. The first kappa shape index (κ1) is 19.8. The molecule has 5 nitrogen and oxygen atoms in total. The van der Waals surface area contributed by atoms with Crippen molar-refractivity contribution in [2.24, 2.45) is 0 Å². The lowest BCUT2D eigenvalue weighted by atomic mass is 10.2. The molecular formula is C19H18Cl2N2O3. The molecule has 2 aromatic carbocycles. The fourth-order valence-corrected chi connectivity index (χ4v) is 2.53. The summed E-state index contributed by atoms with van der Waals surface area (Å²) in [6.07, 6.45) is 2.98. The van der Waals surface area contributed by atoms with Crippen LogP contribution in [0.2, 0.25) is 10.0 Å². The number of carbonyl (C=O) groups is 2. The Morgan fingerprint density at radius 1 is 1.19 bits per heavy atom. The molecular weight excluding hydrogens is 375 g/mol. The van der Waals surface area contributed by atoms with Gasteiger partial charge in [-0.25, -0.2) is 0 Å². The average Bonchev–Trinajstić information content (AvgIpc) is 2.60. The number of likely N-dealkylation sites (N-methyl/N-ethyl adjacent to an activating group) is 1. The van der Waals surface area contributed by atoms with Gasteiger partial charge in [0.1, 0.15) is 5.75 Å². The van der Waals surface area contributed by atoms with Crippen LogP contribution in [0.25, 0.3) is 6.08 Å². The van der Waals surface area contributed by atoms with Crippen molar-refractivity contribution in [2.45, 2.75) is 0 Å². The zero-order valence-corrected chi connectivity index (χ0v) is 15.8. The summed E-state index contributed by atoms with van der Waals surface area (Å²) < 4.78 is 5.17. The van der Waals surface area contributed by atoms with Crippen molar-refractivity contribution in [1.82, 2.24) is 4.90 Å². The summed E-state index contributed by atoms with van der Waals surface area (Å²) in [5, 5.41) is 3.70. The molecule has 0 radical (unpaired) electrons. The highest BCUT2D eigenvalue weighted by atomic mass is 35.5. The highest BCUT2D eigenvalue weighted by Gasteiger charge is 2.13. The molecule has 0 aromatic heterocycles. The van der Waals surface area contributed by atoms with E-state index in [2.05, 4.69) is 5.32 Å². The third kappa shape index (κ3) is 5.51. The second kappa shape index (κ2) is 9.27. The molecule has 0 atom stereocenters. The van der Waals surface area contributed by atoms with Crippen LogP contribution in [0.1, 0.15) is 5.56 Å². The number of nitrogens with one attached hydrogen (secondary N) is 1. The van der Waals surface area contributed by atoms with Crippen LogP contribution in [0.3, 0.4) is 0 Å². The summed E-state index contributed by atoms with van der Waals surface area (Å²) in [5.41, 5.74) is 1.17. The number of halogens is 2. The quantitative estimate of drug-likeness (QED) is 0.752. The fourth-order valence-electron chi connectivity index (χ4n) is 2.16. The van der Waals surface area contributed by atoms with Crippen molar-refractivity contribution in [3.63, 3.8) is 0 Å². The van der Waals surface area contributed by atoms with E-state index in [1.807, 2.05) is 12.1 Å². The van der Waals surface area contributed by atoms with Crippen molar-refractivity contribution in [1.29, 1.82) is 0 Å². The molecule has 26 heavy (non-hydrogen) atoms. The Kier molecular flexibility index (Phi) is 7.06. The molecule has 0 aliphatic rings. The van der Waals surface area contributed by atoms with Crippen LogP contribution in [-0.2, 0) is 9.59 Å². The van der Waals surface area contributed by atoms with Crippen LogP contribution in [-0.4, -0.2) is 37.4 Å². The summed E-state index contributed by atoms with van der Waals surface area (Å²) >= 11 is 12.0. The Morgan fingerprint density at radius 3 is 2.62 bits per heavy atom. The molecule has 2 amide bonds. The first-order valence-electron chi connectivity index (χ1n) is 7.72. The summed E-state index contributed by atoms with van der Waals surface area (Å²) in [4.78, 5) is 25.6. The van der Waals surface area contributed by atoms with Gasteiger partial charge in [0.05, 0.1) is 19.3 Å². The lowest BCUT2D eigenvalue weighted by Gasteiger charge is -2.16. The largest absolute Gasteiger partial charge is 0.495 e. The van der Waals surface area contributed by atoms with E-state index >= 15 is 0 Å². The number of hydrogen-bond donors (Lipinski definition) is 1.